The number of benzene rings is 1. The molecule has 3 atom stereocenters. The van der Waals surface area contributed by atoms with Crippen LogP contribution in [-0.2, 0) is 0 Å². The van der Waals surface area contributed by atoms with Crippen LogP contribution < -0.4 is 11.3 Å². The van der Waals surface area contributed by atoms with Gasteiger partial charge in [-0.25, -0.2) is 0 Å². The van der Waals surface area contributed by atoms with E-state index in [1.54, 1.807) is 0 Å². The fourth-order valence-corrected chi connectivity index (χ4v) is 3.31. The average molecular weight is 267 g/mol. The van der Waals surface area contributed by atoms with E-state index in [1.807, 2.05) is 12.1 Å². The summed E-state index contributed by atoms with van der Waals surface area (Å²) in [7, 11) is 0. The first kappa shape index (κ1) is 13.9. The van der Waals surface area contributed by atoms with Crippen LogP contribution >= 0.6 is 11.6 Å². The monoisotopic (exact) mass is 266 g/mol. The highest BCUT2D eigenvalue weighted by Crippen LogP contribution is 2.38. The Kier molecular flexibility index (Phi) is 5.04. The van der Waals surface area contributed by atoms with E-state index in [1.165, 1.54) is 37.7 Å². The van der Waals surface area contributed by atoms with Crippen LogP contribution in [0, 0.1) is 11.8 Å². The lowest BCUT2D eigenvalue weighted by atomic mass is 9.75. The molecule has 3 heteroatoms. The maximum absolute atomic E-state index is 5.94. The van der Waals surface area contributed by atoms with Gasteiger partial charge in [0.15, 0.2) is 0 Å². The molecular formula is C15H23ClN2. The Morgan fingerprint density at radius 3 is 2.67 bits per heavy atom. The van der Waals surface area contributed by atoms with E-state index in [2.05, 4.69) is 24.5 Å². The molecule has 0 aliphatic heterocycles. The van der Waals surface area contributed by atoms with Crippen molar-refractivity contribution in [3.8, 4) is 0 Å². The van der Waals surface area contributed by atoms with Gasteiger partial charge in [0.2, 0.25) is 0 Å². The standard InChI is InChI=1S/C15H23ClN2/c1-2-11-4-3-5-13(10-11)15(18-17)12-6-8-14(16)9-7-12/h6-9,11,13,15,18H,2-5,10,17H2,1H3. The molecular weight excluding hydrogens is 244 g/mol. The zero-order valence-electron chi connectivity index (χ0n) is 11.0. The van der Waals surface area contributed by atoms with Crippen molar-refractivity contribution in [2.24, 2.45) is 17.7 Å². The van der Waals surface area contributed by atoms with Crippen LogP contribution in [0.4, 0.5) is 0 Å². The zero-order valence-corrected chi connectivity index (χ0v) is 11.8. The molecule has 2 rings (SSSR count). The van der Waals surface area contributed by atoms with Crippen molar-refractivity contribution in [2.75, 3.05) is 0 Å². The third-order valence-electron chi connectivity index (χ3n) is 4.28. The van der Waals surface area contributed by atoms with Crippen molar-refractivity contribution < 1.29 is 0 Å². The summed E-state index contributed by atoms with van der Waals surface area (Å²) < 4.78 is 0. The first-order chi connectivity index (χ1) is 8.74. The van der Waals surface area contributed by atoms with Crippen molar-refractivity contribution in [1.29, 1.82) is 0 Å². The smallest absolute Gasteiger partial charge is 0.0488 e. The number of hydrogen-bond acceptors (Lipinski definition) is 2. The highest BCUT2D eigenvalue weighted by molar-refractivity contribution is 6.30. The van der Waals surface area contributed by atoms with E-state index < -0.39 is 0 Å². The van der Waals surface area contributed by atoms with Gasteiger partial charge >= 0.3 is 0 Å². The second-order valence-corrected chi connectivity index (χ2v) is 5.83. The minimum atomic E-state index is 0.261. The predicted octanol–water partition coefficient (Wildman–Crippen LogP) is 4.06. The quantitative estimate of drug-likeness (QED) is 0.637. The molecule has 0 saturated heterocycles. The maximum Gasteiger partial charge on any atom is 0.0488 e. The number of hydrazine groups is 1. The summed E-state index contributed by atoms with van der Waals surface area (Å²) in [6.45, 7) is 2.29. The van der Waals surface area contributed by atoms with Gasteiger partial charge in [0.1, 0.15) is 0 Å². The topological polar surface area (TPSA) is 38.0 Å². The first-order valence-corrected chi connectivity index (χ1v) is 7.34. The lowest BCUT2D eigenvalue weighted by Gasteiger charge is -2.34. The van der Waals surface area contributed by atoms with Crippen molar-refractivity contribution in [3.63, 3.8) is 0 Å². The van der Waals surface area contributed by atoms with E-state index in [0.717, 1.165) is 10.9 Å². The third kappa shape index (κ3) is 3.25. The predicted molar refractivity (Wildman–Crippen MR) is 77.3 cm³/mol. The molecule has 1 aromatic rings. The number of hydrogen-bond donors (Lipinski definition) is 2. The summed E-state index contributed by atoms with van der Waals surface area (Å²) in [5, 5.41) is 0.782. The molecule has 3 N–H and O–H groups in total. The molecule has 18 heavy (non-hydrogen) atoms. The van der Waals surface area contributed by atoms with Gasteiger partial charge in [0.25, 0.3) is 0 Å². The van der Waals surface area contributed by atoms with Gasteiger partial charge in [-0.15, -0.1) is 0 Å². The summed E-state index contributed by atoms with van der Waals surface area (Å²) in [5.74, 6) is 7.29. The normalized spacial score (nSPS) is 25.9. The van der Waals surface area contributed by atoms with E-state index in [4.69, 9.17) is 17.4 Å². The number of halogens is 1. The number of rotatable bonds is 4. The van der Waals surface area contributed by atoms with Gasteiger partial charge in [0, 0.05) is 11.1 Å². The van der Waals surface area contributed by atoms with Crippen LogP contribution in [-0.4, -0.2) is 0 Å². The number of nitrogens with one attached hydrogen (secondary N) is 1. The van der Waals surface area contributed by atoms with Crippen LogP contribution in [0.15, 0.2) is 24.3 Å². The van der Waals surface area contributed by atoms with E-state index in [-0.39, 0.29) is 6.04 Å². The van der Waals surface area contributed by atoms with Gasteiger partial charge in [-0.1, -0.05) is 49.9 Å². The number of nitrogens with two attached hydrogens (primary N) is 1. The van der Waals surface area contributed by atoms with Crippen LogP contribution in [0.2, 0.25) is 5.02 Å². The Balaban J connectivity index is 2.10. The van der Waals surface area contributed by atoms with Crippen LogP contribution in [0.1, 0.15) is 50.6 Å². The first-order valence-electron chi connectivity index (χ1n) is 6.96. The molecule has 3 unspecified atom stereocenters. The second-order valence-electron chi connectivity index (χ2n) is 5.40. The van der Waals surface area contributed by atoms with Gasteiger partial charge < -0.3 is 0 Å². The molecule has 0 heterocycles. The Bertz CT molecular complexity index is 363. The molecule has 2 nitrogen and oxygen atoms in total. The molecule has 100 valence electrons. The summed E-state index contributed by atoms with van der Waals surface area (Å²) in [4.78, 5) is 0. The SMILES string of the molecule is CCC1CCCC(C(NN)c2ccc(Cl)cc2)C1. The van der Waals surface area contributed by atoms with Crippen LogP contribution in [0.5, 0.6) is 0 Å². The van der Waals surface area contributed by atoms with E-state index in [0.29, 0.717) is 5.92 Å². The Morgan fingerprint density at radius 2 is 2.06 bits per heavy atom. The van der Waals surface area contributed by atoms with Gasteiger partial charge in [-0.05, 0) is 42.4 Å². The van der Waals surface area contributed by atoms with Gasteiger partial charge in [-0.3, -0.25) is 11.3 Å². The highest BCUT2D eigenvalue weighted by Gasteiger charge is 2.28. The average Bonchev–Trinajstić information content (AvgIpc) is 2.42. The minimum Gasteiger partial charge on any atom is -0.271 e. The minimum absolute atomic E-state index is 0.261. The zero-order chi connectivity index (χ0) is 13.0. The summed E-state index contributed by atoms with van der Waals surface area (Å²) >= 11 is 5.94. The van der Waals surface area contributed by atoms with Crippen molar-refractivity contribution >= 4 is 11.6 Å². The molecule has 0 bridgehead atoms. The highest BCUT2D eigenvalue weighted by atomic mass is 35.5. The molecule has 0 aromatic heterocycles. The van der Waals surface area contributed by atoms with Crippen molar-refractivity contribution in [3.05, 3.63) is 34.9 Å². The summed E-state index contributed by atoms with van der Waals surface area (Å²) in [6, 6.07) is 8.32. The molecule has 0 amide bonds. The van der Waals surface area contributed by atoms with E-state index in [9.17, 15) is 0 Å². The lowest BCUT2D eigenvalue weighted by molar-refractivity contribution is 0.210. The van der Waals surface area contributed by atoms with Crippen LogP contribution in [0.3, 0.4) is 0 Å². The van der Waals surface area contributed by atoms with Crippen molar-refractivity contribution in [2.45, 2.75) is 45.1 Å². The van der Waals surface area contributed by atoms with Gasteiger partial charge in [-0.2, -0.15) is 0 Å². The fraction of sp³-hybridized carbons (Fsp3) is 0.600. The molecule has 1 saturated carbocycles. The molecule has 0 radical (unpaired) electrons. The Morgan fingerprint density at radius 1 is 1.33 bits per heavy atom. The summed E-state index contributed by atoms with van der Waals surface area (Å²) in [6.07, 6.45) is 6.55. The molecule has 1 aliphatic rings. The van der Waals surface area contributed by atoms with Gasteiger partial charge in [0.05, 0.1) is 0 Å². The Labute approximate surface area is 115 Å². The van der Waals surface area contributed by atoms with Crippen LogP contribution in [0.25, 0.3) is 0 Å². The maximum atomic E-state index is 5.94. The molecule has 1 fully saturated rings. The fourth-order valence-electron chi connectivity index (χ4n) is 3.18. The lowest BCUT2D eigenvalue weighted by Crippen LogP contribution is -2.35. The Hall–Kier alpha value is -0.570. The molecule has 1 aliphatic carbocycles. The summed E-state index contributed by atoms with van der Waals surface area (Å²) in [5.41, 5.74) is 4.26. The van der Waals surface area contributed by atoms with E-state index >= 15 is 0 Å². The largest absolute Gasteiger partial charge is 0.271 e. The molecule has 0 spiro atoms. The molecule has 1 aromatic carbocycles. The van der Waals surface area contributed by atoms with Crippen molar-refractivity contribution in [1.82, 2.24) is 5.43 Å². The second kappa shape index (κ2) is 6.55. The third-order valence-corrected chi connectivity index (χ3v) is 4.53.